The Morgan fingerprint density at radius 3 is 2.19 bits per heavy atom. The van der Waals surface area contributed by atoms with Gasteiger partial charge in [0.05, 0.1) is 12.7 Å². The second-order valence-corrected chi connectivity index (χ2v) is 13.5. The first-order valence-electron chi connectivity index (χ1n) is 17.8. The summed E-state index contributed by atoms with van der Waals surface area (Å²) in [4.78, 5) is 78.7. The van der Waals surface area contributed by atoms with Crippen molar-refractivity contribution in [2.24, 2.45) is 0 Å². The number of amides is 3. The molecule has 0 radical (unpaired) electrons. The lowest BCUT2D eigenvalue weighted by Gasteiger charge is -2.35. The van der Waals surface area contributed by atoms with Gasteiger partial charge in [0.15, 0.2) is 11.9 Å². The average molecular weight is 760 g/mol. The van der Waals surface area contributed by atoms with Gasteiger partial charge >= 0.3 is 32.5 Å². The highest BCUT2D eigenvalue weighted by Gasteiger charge is 2.40. The third-order valence-corrected chi connectivity index (χ3v) is 9.59. The second-order valence-electron chi connectivity index (χ2n) is 12.3. The lowest BCUT2D eigenvalue weighted by molar-refractivity contribution is -0.233. The van der Waals surface area contributed by atoms with E-state index in [1.807, 2.05) is 42.2 Å². The second kappa shape index (κ2) is 20.5. The van der Waals surface area contributed by atoms with Gasteiger partial charge in [0.2, 0.25) is 12.1 Å². The molecular formula is C35H48N6O11P+. The van der Waals surface area contributed by atoms with Crippen LogP contribution in [0.15, 0.2) is 36.4 Å². The van der Waals surface area contributed by atoms with Crippen molar-refractivity contribution in [1.29, 1.82) is 0 Å². The van der Waals surface area contributed by atoms with Crippen LogP contribution in [-0.4, -0.2) is 127 Å². The molecule has 0 aliphatic carbocycles. The Kier molecular flexibility index (Phi) is 15.9. The molecule has 1 aromatic heterocycles. The minimum atomic E-state index is -2.88. The van der Waals surface area contributed by atoms with Crippen LogP contribution >= 0.6 is 8.03 Å². The van der Waals surface area contributed by atoms with Crippen LogP contribution in [0.2, 0.25) is 0 Å². The largest absolute Gasteiger partial charge is 0.518 e. The van der Waals surface area contributed by atoms with Crippen LogP contribution in [0.5, 0.6) is 0 Å². The Morgan fingerprint density at radius 1 is 0.925 bits per heavy atom. The van der Waals surface area contributed by atoms with Crippen LogP contribution in [0.25, 0.3) is 11.4 Å². The summed E-state index contributed by atoms with van der Waals surface area (Å²) in [5, 5.41) is 2.68. The Hall–Kier alpha value is -4.73. The molecule has 3 unspecified atom stereocenters. The van der Waals surface area contributed by atoms with E-state index in [0.29, 0.717) is 31.1 Å². The number of nitrogens with zero attached hydrogens (tertiary/aromatic N) is 5. The number of benzene rings is 1. The number of ether oxygens (including phenoxy) is 4. The van der Waals surface area contributed by atoms with E-state index >= 15 is 0 Å². The van der Waals surface area contributed by atoms with Crippen molar-refractivity contribution in [3.8, 4) is 11.4 Å². The number of unbranched alkanes of at least 4 members (excludes halogenated alkanes) is 1. The van der Waals surface area contributed by atoms with E-state index < -0.39 is 56.6 Å². The molecule has 0 bridgehead atoms. The van der Waals surface area contributed by atoms with Crippen molar-refractivity contribution < 1.29 is 52.0 Å². The standard InChI is InChI=1S/C35H47N6O11P/c1-5-8-20-49-34(46)40-18-16-39(17-19-40)33(45)27(23-53(47)52-35(50-29(42)6-2)51-30(43)7-3)37-32(44)26-21-28(41-15-14-25(22-41)48-4)38-31(36-26)24-12-10-9-11-13-24/h9-13,21,25,27,35H,5-8,14-20,22-23H2,1-4H3/p+1. The van der Waals surface area contributed by atoms with Gasteiger partial charge in [0.1, 0.15) is 11.5 Å². The highest BCUT2D eigenvalue weighted by atomic mass is 31.1. The summed E-state index contributed by atoms with van der Waals surface area (Å²) in [6, 6.07) is 9.19. The lowest BCUT2D eigenvalue weighted by Crippen LogP contribution is -2.56. The zero-order chi connectivity index (χ0) is 38.3. The maximum absolute atomic E-state index is 14.0. The number of hydrogen-bond acceptors (Lipinski definition) is 14. The zero-order valence-corrected chi connectivity index (χ0v) is 31.5. The smallest absolute Gasteiger partial charge is 0.449 e. The molecule has 3 atom stereocenters. The van der Waals surface area contributed by atoms with Crippen LogP contribution in [0.3, 0.4) is 0 Å². The van der Waals surface area contributed by atoms with E-state index in [2.05, 4.69) is 10.3 Å². The van der Waals surface area contributed by atoms with Crippen molar-refractivity contribution >= 4 is 43.7 Å². The monoisotopic (exact) mass is 759 g/mol. The molecule has 2 saturated heterocycles. The molecule has 0 saturated carbocycles. The van der Waals surface area contributed by atoms with Crippen molar-refractivity contribution in [3.05, 3.63) is 42.1 Å². The normalized spacial score (nSPS) is 16.6. The number of carbonyl (C=O) groups excluding carboxylic acids is 5. The predicted octanol–water partition coefficient (Wildman–Crippen LogP) is 3.50. The first-order chi connectivity index (χ1) is 25.5. The molecule has 2 aliphatic rings. The van der Waals surface area contributed by atoms with Crippen LogP contribution < -0.4 is 10.2 Å². The molecule has 17 nitrogen and oxygen atoms in total. The Balaban J connectivity index is 1.58. The summed E-state index contributed by atoms with van der Waals surface area (Å²) < 4.78 is 39.6. The van der Waals surface area contributed by atoms with Gasteiger partial charge in [-0.3, -0.25) is 19.2 Å². The fourth-order valence-corrected chi connectivity index (χ4v) is 6.35. The van der Waals surface area contributed by atoms with Crippen LogP contribution in [0.4, 0.5) is 10.6 Å². The highest BCUT2D eigenvalue weighted by molar-refractivity contribution is 7.39. The van der Waals surface area contributed by atoms with Crippen molar-refractivity contribution in [3.63, 3.8) is 0 Å². The molecule has 2 aliphatic heterocycles. The van der Waals surface area contributed by atoms with E-state index in [-0.39, 0.29) is 56.6 Å². The molecule has 1 aromatic carbocycles. The summed E-state index contributed by atoms with van der Waals surface area (Å²) in [6.07, 6.45) is 1.13. The summed E-state index contributed by atoms with van der Waals surface area (Å²) in [5.41, 5.74) is 0.616. The van der Waals surface area contributed by atoms with Gasteiger partial charge in [-0.15, -0.1) is 0 Å². The molecule has 2 fully saturated rings. The molecule has 2 aromatic rings. The maximum atomic E-state index is 14.0. The van der Waals surface area contributed by atoms with Crippen LogP contribution in [0.1, 0.15) is 63.4 Å². The number of anilines is 1. The van der Waals surface area contributed by atoms with E-state index in [4.69, 9.17) is 28.5 Å². The number of methoxy groups -OCH3 is 1. The molecule has 18 heteroatoms. The van der Waals surface area contributed by atoms with Crippen LogP contribution in [-0.2, 0) is 42.4 Å². The number of rotatable bonds is 17. The van der Waals surface area contributed by atoms with Gasteiger partial charge < -0.3 is 39.0 Å². The fraction of sp³-hybridized carbons (Fsp3) is 0.571. The van der Waals surface area contributed by atoms with E-state index in [1.165, 1.54) is 29.7 Å². The van der Waals surface area contributed by atoms with Crippen molar-refractivity contribution in [2.75, 3.05) is 64.0 Å². The predicted molar refractivity (Wildman–Crippen MR) is 191 cm³/mol. The molecule has 1 N–H and O–H groups in total. The van der Waals surface area contributed by atoms with E-state index in [9.17, 15) is 28.5 Å². The highest BCUT2D eigenvalue weighted by Crippen LogP contribution is 2.29. The van der Waals surface area contributed by atoms with Gasteiger partial charge in [-0.1, -0.05) is 62.0 Å². The quantitative estimate of drug-likeness (QED) is 0.107. The van der Waals surface area contributed by atoms with Gasteiger partial charge in [-0.25, -0.2) is 14.8 Å². The van der Waals surface area contributed by atoms with Crippen molar-refractivity contribution in [1.82, 2.24) is 25.1 Å². The zero-order valence-electron chi connectivity index (χ0n) is 30.6. The summed E-state index contributed by atoms with van der Waals surface area (Å²) in [6.45, 7) is 5.13. The topological polar surface area (TPSA) is 196 Å². The van der Waals surface area contributed by atoms with Crippen molar-refractivity contribution in [2.45, 2.75) is 71.5 Å². The minimum absolute atomic E-state index is 0.0172. The van der Waals surface area contributed by atoms with Gasteiger partial charge in [-0.2, -0.15) is 0 Å². The number of carbonyl (C=O) groups is 5. The number of nitrogens with one attached hydrogen (secondary N) is 1. The number of hydrogen-bond donors (Lipinski definition) is 1. The third-order valence-electron chi connectivity index (χ3n) is 8.52. The fourth-order valence-electron chi connectivity index (χ4n) is 5.44. The average Bonchev–Trinajstić information content (AvgIpc) is 3.67. The molecule has 3 heterocycles. The molecular weight excluding hydrogens is 711 g/mol. The first kappa shape index (κ1) is 41.0. The summed E-state index contributed by atoms with van der Waals surface area (Å²) >= 11 is 0. The minimum Gasteiger partial charge on any atom is -0.449 e. The van der Waals surface area contributed by atoms with Crippen LogP contribution in [0, 0.1) is 0 Å². The van der Waals surface area contributed by atoms with E-state index in [0.717, 1.165) is 19.3 Å². The Morgan fingerprint density at radius 2 is 1.58 bits per heavy atom. The molecule has 0 spiro atoms. The number of aromatic nitrogens is 2. The first-order valence-corrected chi connectivity index (χ1v) is 19.1. The third kappa shape index (κ3) is 12.2. The SMILES string of the molecule is CCCCOC(=O)N1CCN(C(=O)C(C[P+](=O)OC(OC(=O)CC)OC(=O)CC)NC(=O)c2cc(N3CCC(OC)C3)nc(-c3ccccc3)n2)CC1. The summed E-state index contributed by atoms with van der Waals surface area (Å²) in [7, 11) is -1.24. The summed E-state index contributed by atoms with van der Waals surface area (Å²) in [5.74, 6) is -2.14. The van der Waals surface area contributed by atoms with Gasteiger partial charge in [0.25, 0.3) is 5.91 Å². The molecule has 53 heavy (non-hydrogen) atoms. The van der Waals surface area contributed by atoms with Gasteiger partial charge in [-0.05, 0) is 17.4 Å². The lowest BCUT2D eigenvalue weighted by atomic mass is 10.2. The molecule has 288 valence electrons. The molecule has 3 amide bonds. The molecule has 4 rings (SSSR count). The maximum Gasteiger partial charge on any atom is 0.518 e. The number of esters is 2. The Labute approximate surface area is 309 Å². The van der Waals surface area contributed by atoms with Gasteiger partial charge in [0, 0.05) is 70.8 Å². The Bertz CT molecular complexity index is 1570. The van der Waals surface area contributed by atoms with E-state index in [1.54, 1.807) is 7.11 Å². The number of piperazine rings is 1.